The SMILES string of the molecule is Cc1ncc(CNc2ccc(-n3cccn3)nc2)[nH]1. The average Bonchev–Trinajstić information content (AvgIpc) is 3.08. The zero-order valence-electron chi connectivity index (χ0n) is 10.5. The van der Waals surface area contributed by atoms with E-state index in [1.165, 1.54) is 0 Å². The Bertz CT molecular complexity index is 638. The Morgan fingerprint density at radius 3 is 2.84 bits per heavy atom. The first kappa shape index (κ1) is 11.5. The van der Waals surface area contributed by atoms with Gasteiger partial charge in [0, 0.05) is 12.4 Å². The van der Waals surface area contributed by atoms with Crippen LogP contribution >= 0.6 is 0 Å². The van der Waals surface area contributed by atoms with Gasteiger partial charge in [-0.25, -0.2) is 14.6 Å². The highest BCUT2D eigenvalue weighted by molar-refractivity contribution is 5.43. The Labute approximate surface area is 110 Å². The van der Waals surface area contributed by atoms with E-state index in [9.17, 15) is 0 Å². The molecule has 0 saturated heterocycles. The number of nitrogens with zero attached hydrogens (tertiary/aromatic N) is 4. The fourth-order valence-corrected chi connectivity index (χ4v) is 1.79. The Balaban J connectivity index is 1.66. The third kappa shape index (κ3) is 2.62. The van der Waals surface area contributed by atoms with Crippen LogP contribution in [0, 0.1) is 6.92 Å². The molecule has 0 amide bonds. The van der Waals surface area contributed by atoms with Crippen molar-refractivity contribution in [2.45, 2.75) is 13.5 Å². The molecule has 3 heterocycles. The van der Waals surface area contributed by atoms with Gasteiger partial charge in [0.25, 0.3) is 0 Å². The summed E-state index contributed by atoms with van der Waals surface area (Å²) in [4.78, 5) is 11.7. The average molecular weight is 254 g/mol. The first-order valence-corrected chi connectivity index (χ1v) is 6.02. The second-order valence-electron chi connectivity index (χ2n) is 4.20. The molecule has 6 heteroatoms. The number of hydrogen-bond acceptors (Lipinski definition) is 4. The molecule has 0 unspecified atom stereocenters. The molecule has 0 aromatic carbocycles. The highest BCUT2D eigenvalue weighted by Crippen LogP contribution is 2.10. The summed E-state index contributed by atoms with van der Waals surface area (Å²) in [5, 5.41) is 7.42. The highest BCUT2D eigenvalue weighted by atomic mass is 15.3. The maximum atomic E-state index is 4.35. The molecule has 2 N–H and O–H groups in total. The lowest BCUT2D eigenvalue weighted by Crippen LogP contribution is -2.02. The van der Waals surface area contributed by atoms with Gasteiger partial charge in [0.1, 0.15) is 5.82 Å². The van der Waals surface area contributed by atoms with E-state index >= 15 is 0 Å². The zero-order valence-corrected chi connectivity index (χ0v) is 10.5. The molecule has 0 saturated carbocycles. The van der Waals surface area contributed by atoms with Crippen molar-refractivity contribution < 1.29 is 0 Å². The summed E-state index contributed by atoms with van der Waals surface area (Å²) >= 11 is 0. The quantitative estimate of drug-likeness (QED) is 0.746. The Morgan fingerprint density at radius 1 is 1.26 bits per heavy atom. The van der Waals surface area contributed by atoms with E-state index in [-0.39, 0.29) is 0 Å². The second-order valence-corrected chi connectivity index (χ2v) is 4.20. The zero-order chi connectivity index (χ0) is 13.1. The normalized spacial score (nSPS) is 10.6. The Hall–Kier alpha value is -2.63. The maximum absolute atomic E-state index is 4.35. The number of aromatic nitrogens is 5. The summed E-state index contributed by atoms with van der Waals surface area (Å²) < 4.78 is 1.72. The Kier molecular flexibility index (Phi) is 2.97. The van der Waals surface area contributed by atoms with E-state index in [2.05, 4.69) is 25.4 Å². The molecule has 0 radical (unpaired) electrons. The fraction of sp³-hybridized carbons (Fsp3) is 0.154. The molecule has 0 fully saturated rings. The van der Waals surface area contributed by atoms with Crippen LogP contribution in [0.1, 0.15) is 11.5 Å². The number of pyridine rings is 1. The van der Waals surface area contributed by atoms with Crippen molar-refractivity contribution >= 4 is 5.69 Å². The smallest absolute Gasteiger partial charge is 0.153 e. The molecule has 0 aliphatic carbocycles. The summed E-state index contributed by atoms with van der Waals surface area (Å²) in [7, 11) is 0. The third-order valence-electron chi connectivity index (χ3n) is 2.73. The lowest BCUT2D eigenvalue weighted by Gasteiger charge is -2.05. The lowest BCUT2D eigenvalue weighted by atomic mass is 10.4. The number of aryl methyl sites for hydroxylation is 1. The molecule has 6 nitrogen and oxygen atoms in total. The van der Waals surface area contributed by atoms with Gasteiger partial charge in [0.05, 0.1) is 30.3 Å². The molecule has 3 aromatic rings. The van der Waals surface area contributed by atoms with Crippen LogP contribution in [-0.4, -0.2) is 24.7 Å². The third-order valence-corrected chi connectivity index (χ3v) is 2.73. The predicted molar refractivity (Wildman–Crippen MR) is 72.0 cm³/mol. The van der Waals surface area contributed by atoms with Gasteiger partial charge in [-0.1, -0.05) is 0 Å². The van der Waals surface area contributed by atoms with Crippen molar-refractivity contribution in [2.24, 2.45) is 0 Å². The number of anilines is 1. The molecular weight excluding hydrogens is 240 g/mol. The molecule has 96 valence electrons. The van der Waals surface area contributed by atoms with E-state index in [0.29, 0.717) is 6.54 Å². The van der Waals surface area contributed by atoms with E-state index < -0.39 is 0 Å². The van der Waals surface area contributed by atoms with Crippen molar-refractivity contribution in [2.75, 3.05) is 5.32 Å². The van der Waals surface area contributed by atoms with Gasteiger partial charge in [-0.3, -0.25) is 0 Å². The number of rotatable bonds is 4. The maximum Gasteiger partial charge on any atom is 0.153 e. The molecule has 3 rings (SSSR count). The lowest BCUT2D eigenvalue weighted by molar-refractivity contribution is 0.847. The first-order chi connectivity index (χ1) is 9.31. The standard InChI is InChI=1S/C13H14N6/c1-10-14-8-12(18-10)9-15-11-3-4-13(16-7-11)19-6-2-5-17-19/h2-8,15H,9H2,1H3,(H,14,18). The summed E-state index contributed by atoms with van der Waals surface area (Å²) in [6.45, 7) is 2.63. The summed E-state index contributed by atoms with van der Waals surface area (Å²) in [5.74, 6) is 1.72. The number of imidazole rings is 1. The second kappa shape index (κ2) is 4.93. The minimum atomic E-state index is 0.698. The molecule has 0 aliphatic heterocycles. The van der Waals surface area contributed by atoms with Crippen LogP contribution in [0.2, 0.25) is 0 Å². The van der Waals surface area contributed by atoms with E-state index in [1.807, 2.05) is 37.5 Å². The molecule has 19 heavy (non-hydrogen) atoms. The number of aromatic amines is 1. The molecule has 0 bridgehead atoms. The van der Waals surface area contributed by atoms with Crippen LogP contribution in [0.5, 0.6) is 0 Å². The molecule has 0 spiro atoms. The van der Waals surface area contributed by atoms with Gasteiger partial charge in [-0.15, -0.1) is 0 Å². The van der Waals surface area contributed by atoms with Crippen molar-refractivity contribution in [1.82, 2.24) is 24.7 Å². The number of H-pyrrole nitrogens is 1. The van der Waals surface area contributed by atoms with Crippen LogP contribution in [0.4, 0.5) is 5.69 Å². The van der Waals surface area contributed by atoms with E-state index in [4.69, 9.17) is 0 Å². The van der Waals surface area contributed by atoms with Crippen LogP contribution in [0.25, 0.3) is 5.82 Å². The van der Waals surface area contributed by atoms with Crippen molar-refractivity contribution in [3.05, 3.63) is 54.5 Å². The largest absolute Gasteiger partial charge is 0.378 e. The van der Waals surface area contributed by atoms with Crippen molar-refractivity contribution in [3.63, 3.8) is 0 Å². The van der Waals surface area contributed by atoms with Crippen LogP contribution in [0.15, 0.2) is 43.0 Å². The van der Waals surface area contributed by atoms with Gasteiger partial charge < -0.3 is 10.3 Å². The number of nitrogens with one attached hydrogen (secondary N) is 2. The fourth-order valence-electron chi connectivity index (χ4n) is 1.79. The van der Waals surface area contributed by atoms with E-state index in [1.54, 1.807) is 17.1 Å². The van der Waals surface area contributed by atoms with Gasteiger partial charge in [-0.05, 0) is 25.1 Å². The first-order valence-electron chi connectivity index (χ1n) is 6.02. The van der Waals surface area contributed by atoms with Gasteiger partial charge in [-0.2, -0.15) is 5.10 Å². The molecular formula is C13H14N6. The van der Waals surface area contributed by atoms with Crippen LogP contribution < -0.4 is 5.32 Å². The van der Waals surface area contributed by atoms with Crippen LogP contribution in [-0.2, 0) is 6.54 Å². The van der Waals surface area contributed by atoms with Gasteiger partial charge in [0.2, 0.25) is 0 Å². The minimum absolute atomic E-state index is 0.698. The Morgan fingerprint density at radius 2 is 2.21 bits per heavy atom. The van der Waals surface area contributed by atoms with Gasteiger partial charge >= 0.3 is 0 Å². The van der Waals surface area contributed by atoms with Crippen molar-refractivity contribution in [1.29, 1.82) is 0 Å². The highest BCUT2D eigenvalue weighted by Gasteiger charge is 2.00. The minimum Gasteiger partial charge on any atom is -0.378 e. The topological polar surface area (TPSA) is 71.4 Å². The van der Waals surface area contributed by atoms with E-state index in [0.717, 1.165) is 23.0 Å². The van der Waals surface area contributed by atoms with Gasteiger partial charge in [0.15, 0.2) is 5.82 Å². The summed E-state index contributed by atoms with van der Waals surface area (Å²) in [6.07, 6.45) is 7.21. The van der Waals surface area contributed by atoms with Crippen molar-refractivity contribution in [3.8, 4) is 5.82 Å². The predicted octanol–water partition coefficient (Wildman–Crippen LogP) is 1.91. The van der Waals surface area contributed by atoms with Crippen LogP contribution in [0.3, 0.4) is 0 Å². The summed E-state index contributed by atoms with van der Waals surface area (Å²) in [5.41, 5.74) is 2.01. The summed E-state index contributed by atoms with van der Waals surface area (Å²) in [6, 6.07) is 5.77. The number of hydrogen-bond donors (Lipinski definition) is 2. The monoisotopic (exact) mass is 254 g/mol. The molecule has 0 aliphatic rings. The molecule has 3 aromatic heterocycles. The molecule has 0 atom stereocenters.